The summed E-state index contributed by atoms with van der Waals surface area (Å²) >= 11 is 0. The molecule has 6 heteroatoms. The first-order valence-electron chi connectivity index (χ1n) is 11.2. The molecule has 0 aromatic heterocycles. The van der Waals surface area contributed by atoms with E-state index in [9.17, 15) is 4.79 Å². The third kappa shape index (κ3) is 5.10. The van der Waals surface area contributed by atoms with E-state index in [4.69, 9.17) is 9.57 Å². The van der Waals surface area contributed by atoms with Gasteiger partial charge in [0.25, 0.3) is 5.91 Å². The van der Waals surface area contributed by atoms with Crippen LogP contribution in [0, 0.1) is 6.92 Å². The first-order valence-corrected chi connectivity index (χ1v) is 11.2. The molecular weight excluding hydrogens is 402 g/mol. The summed E-state index contributed by atoms with van der Waals surface area (Å²) < 4.78 is 5.37. The second-order valence-electron chi connectivity index (χ2n) is 8.16. The molecule has 168 valence electrons. The minimum atomic E-state index is -0.148. The first kappa shape index (κ1) is 22.3. The van der Waals surface area contributed by atoms with Crippen molar-refractivity contribution in [3.8, 4) is 0 Å². The summed E-state index contributed by atoms with van der Waals surface area (Å²) in [6.45, 7) is 11.2. The van der Waals surface area contributed by atoms with Crippen LogP contribution in [-0.4, -0.2) is 50.3 Å². The quantitative estimate of drug-likeness (QED) is 0.282. The minimum absolute atomic E-state index is 0.0107. The van der Waals surface area contributed by atoms with Crippen LogP contribution >= 0.6 is 0 Å². The van der Waals surface area contributed by atoms with Crippen molar-refractivity contribution >= 4 is 11.6 Å². The fraction of sp³-hybridized carbons (Fsp3) is 0.346. The van der Waals surface area contributed by atoms with Gasteiger partial charge in [-0.2, -0.15) is 0 Å². The Hall–Kier alpha value is -2.93. The molecule has 1 atom stereocenters. The third-order valence-electron chi connectivity index (χ3n) is 5.87. The van der Waals surface area contributed by atoms with E-state index in [1.54, 1.807) is 6.08 Å². The van der Waals surface area contributed by atoms with Crippen LogP contribution in [0.3, 0.4) is 0 Å². The molecule has 0 radical (unpaired) electrons. The lowest BCUT2D eigenvalue weighted by atomic mass is 9.86. The van der Waals surface area contributed by atoms with Gasteiger partial charge < -0.3 is 4.74 Å². The SMILES string of the molecule is C=C(C=C1C(=O)N(c2ccccc2C)C1c1ccccc1)NOCCCN1CCOCC1. The molecule has 0 aliphatic carbocycles. The Morgan fingerprint density at radius 3 is 2.62 bits per heavy atom. The Kier molecular flexibility index (Phi) is 7.37. The van der Waals surface area contributed by atoms with Gasteiger partial charge in [-0.05, 0) is 36.6 Å². The zero-order valence-corrected chi connectivity index (χ0v) is 18.6. The molecule has 2 saturated heterocycles. The lowest BCUT2D eigenvalue weighted by Crippen LogP contribution is -2.49. The average molecular weight is 434 g/mol. The number of benzene rings is 2. The van der Waals surface area contributed by atoms with E-state index in [0.717, 1.165) is 56.1 Å². The van der Waals surface area contributed by atoms with E-state index in [1.807, 2.05) is 54.3 Å². The van der Waals surface area contributed by atoms with Gasteiger partial charge in [0, 0.05) is 30.9 Å². The highest BCUT2D eigenvalue weighted by Gasteiger charge is 2.44. The van der Waals surface area contributed by atoms with Crippen LogP contribution in [-0.2, 0) is 14.4 Å². The summed E-state index contributed by atoms with van der Waals surface area (Å²) in [5.41, 5.74) is 7.24. The zero-order valence-electron chi connectivity index (χ0n) is 18.6. The van der Waals surface area contributed by atoms with Gasteiger partial charge in [0.1, 0.15) is 0 Å². The number of nitrogens with one attached hydrogen (secondary N) is 1. The summed E-state index contributed by atoms with van der Waals surface area (Å²) in [5.74, 6) is -0.0107. The summed E-state index contributed by atoms with van der Waals surface area (Å²) in [5, 5.41) is 0. The van der Waals surface area contributed by atoms with Crippen LogP contribution in [0.15, 0.2) is 78.5 Å². The van der Waals surface area contributed by atoms with Crippen molar-refractivity contribution in [2.75, 3.05) is 44.4 Å². The highest BCUT2D eigenvalue weighted by Crippen LogP contribution is 2.44. The molecule has 6 nitrogen and oxygen atoms in total. The standard InChI is InChI=1S/C26H31N3O3/c1-20-9-6-7-12-24(20)29-25(22-10-4-3-5-11-22)23(26(29)30)19-21(2)27-32-16-8-13-28-14-17-31-18-15-28/h3-7,9-12,19,25,27H,2,8,13-18H2,1H3. The molecule has 1 N–H and O–H groups in total. The third-order valence-corrected chi connectivity index (χ3v) is 5.87. The number of rotatable bonds is 9. The van der Waals surface area contributed by atoms with Gasteiger partial charge in [0.2, 0.25) is 0 Å². The van der Waals surface area contributed by atoms with E-state index >= 15 is 0 Å². The number of hydroxylamine groups is 1. The average Bonchev–Trinajstić information content (AvgIpc) is 2.82. The van der Waals surface area contributed by atoms with Gasteiger partial charge in [-0.3, -0.25) is 24.9 Å². The van der Waals surface area contributed by atoms with Gasteiger partial charge in [-0.25, -0.2) is 0 Å². The maximum Gasteiger partial charge on any atom is 0.257 e. The van der Waals surface area contributed by atoms with Crippen molar-refractivity contribution in [3.63, 3.8) is 0 Å². The number of nitrogens with zero attached hydrogens (tertiary/aromatic N) is 2. The van der Waals surface area contributed by atoms with Crippen LogP contribution < -0.4 is 10.4 Å². The number of allylic oxidation sites excluding steroid dienone is 1. The van der Waals surface area contributed by atoms with Gasteiger partial charge in [0.15, 0.2) is 0 Å². The molecule has 0 saturated carbocycles. The number of morpholine rings is 1. The summed E-state index contributed by atoms with van der Waals surface area (Å²) in [7, 11) is 0. The van der Waals surface area contributed by atoms with Gasteiger partial charge in [0.05, 0.1) is 31.6 Å². The fourth-order valence-corrected chi connectivity index (χ4v) is 4.18. The molecule has 0 spiro atoms. The number of carbonyl (C=O) groups excluding carboxylic acids is 1. The topological polar surface area (TPSA) is 54.0 Å². The number of amides is 1. The second kappa shape index (κ2) is 10.6. The molecule has 2 aromatic carbocycles. The molecule has 32 heavy (non-hydrogen) atoms. The van der Waals surface area contributed by atoms with E-state index in [1.165, 1.54) is 0 Å². The van der Waals surface area contributed by atoms with Crippen LogP contribution in [0.1, 0.15) is 23.6 Å². The van der Waals surface area contributed by atoms with Crippen LogP contribution in [0.5, 0.6) is 0 Å². The van der Waals surface area contributed by atoms with Crippen LogP contribution in [0.2, 0.25) is 0 Å². The number of hydrogen-bond acceptors (Lipinski definition) is 5. The number of para-hydroxylation sites is 1. The zero-order chi connectivity index (χ0) is 22.3. The van der Waals surface area contributed by atoms with E-state index < -0.39 is 0 Å². The first-order chi connectivity index (χ1) is 15.6. The second-order valence-corrected chi connectivity index (χ2v) is 8.16. The van der Waals surface area contributed by atoms with Crippen molar-refractivity contribution in [1.29, 1.82) is 0 Å². The monoisotopic (exact) mass is 433 g/mol. The Morgan fingerprint density at radius 1 is 1.16 bits per heavy atom. The normalized spacial score (nSPS) is 20.3. The maximum atomic E-state index is 13.1. The number of anilines is 1. The maximum absolute atomic E-state index is 13.1. The molecule has 1 unspecified atom stereocenters. The molecule has 2 aliphatic heterocycles. The lowest BCUT2D eigenvalue weighted by Gasteiger charge is -2.44. The molecule has 1 amide bonds. The Balaban J connectivity index is 1.38. The Bertz CT molecular complexity index is 967. The van der Waals surface area contributed by atoms with E-state index in [0.29, 0.717) is 17.9 Å². The minimum Gasteiger partial charge on any atom is -0.379 e. The molecule has 2 aromatic rings. The smallest absolute Gasteiger partial charge is 0.257 e. The Morgan fingerprint density at radius 2 is 1.88 bits per heavy atom. The van der Waals surface area contributed by atoms with Crippen molar-refractivity contribution in [3.05, 3.63) is 89.6 Å². The lowest BCUT2D eigenvalue weighted by molar-refractivity contribution is -0.119. The number of carbonyl (C=O) groups is 1. The number of β-lactam (4-membered cyclic amide) rings is 1. The van der Waals surface area contributed by atoms with Gasteiger partial charge >= 0.3 is 0 Å². The number of aryl methyl sites for hydroxylation is 1. The number of hydrogen-bond donors (Lipinski definition) is 1. The molecule has 4 rings (SSSR count). The van der Waals surface area contributed by atoms with Gasteiger partial charge in [-0.15, -0.1) is 0 Å². The largest absolute Gasteiger partial charge is 0.379 e. The van der Waals surface area contributed by atoms with Crippen LogP contribution in [0.25, 0.3) is 0 Å². The van der Waals surface area contributed by atoms with E-state index in [2.05, 4.69) is 29.1 Å². The summed E-state index contributed by atoms with van der Waals surface area (Å²) in [4.78, 5) is 22.9. The molecular formula is C26H31N3O3. The van der Waals surface area contributed by atoms with Crippen molar-refractivity contribution < 1.29 is 14.4 Å². The van der Waals surface area contributed by atoms with Crippen molar-refractivity contribution in [2.45, 2.75) is 19.4 Å². The fourth-order valence-electron chi connectivity index (χ4n) is 4.18. The van der Waals surface area contributed by atoms with Crippen molar-refractivity contribution in [1.82, 2.24) is 10.4 Å². The molecule has 2 fully saturated rings. The Labute approximate surface area is 190 Å². The summed E-state index contributed by atoms with van der Waals surface area (Å²) in [6, 6.07) is 17.9. The van der Waals surface area contributed by atoms with Crippen molar-refractivity contribution in [2.24, 2.45) is 0 Å². The molecule has 0 bridgehead atoms. The number of ether oxygens (including phenoxy) is 1. The van der Waals surface area contributed by atoms with E-state index in [-0.39, 0.29) is 11.9 Å². The predicted octanol–water partition coefficient (Wildman–Crippen LogP) is 3.77. The highest BCUT2D eigenvalue weighted by molar-refractivity contribution is 6.16. The van der Waals surface area contributed by atoms with Gasteiger partial charge in [-0.1, -0.05) is 55.1 Å². The van der Waals surface area contributed by atoms with Crippen LogP contribution in [0.4, 0.5) is 5.69 Å². The summed E-state index contributed by atoms with van der Waals surface area (Å²) in [6.07, 6.45) is 2.72. The molecule has 2 aliphatic rings. The highest BCUT2D eigenvalue weighted by atomic mass is 16.6. The molecule has 2 heterocycles. The predicted molar refractivity (Wildman–Crippen MR) is 126 cm³/mol.